The molecule has 0 fully saturated rings. The lowest BCUT2D eigenvalue weighted by atomic mass is 10.1. The molecule has 3 nitrogen and oxygen atoms in total. The van der Waals surface area contributed by atoms with Gasteiger partial charge in [-0.05, 0) is 50.1 Å². The molecule has 3 rings (SSSR count). The van der Waals surface area contributed by atoms with Gasteiger partial charge in [0, 0.05) is 16.5 Å². The maximum atomic E-state index is 12.0. The standard InChI is InChI=1S/C15H13NO2S/c1-8-4-11-6-12(14-16-10(3)7-19-14)15(17)18-13(11)5-9(8)2/h4-7H,1-3H3. The summed E-state index contributed by atoms with van der Waals surface area (Å²) in [5.41, 5.74) is 4.06. The zero-order chi connectivity index (χ0) is 13.6. The van der Waals surface area contributed by atoms with Gasteiger partial charge in [0.2, 0.25) is 0 Å². The van der Waals surface area contributed by atoms with Crippen molar-refractivity contribution in [2.75, 3.05) is 0 Å². The van der Waals surface area contributed by atoms with Gasteiger partial charge in [0.05, 0.1) is 5.56 Å². The van der Waals surface area contributed by atoms with Gasteiger partial charge in [0.25, 0.3) is 0 Å². The monoisotopic (exact) mass is 271 g/mol. The van der Waals surface area contributed by atoms with Crippen molar-refractivity contribution in [3.05, 3.63) is 50.8 Å². The first-order valence-corrected chi connectivity index (χ1v) is 6.90. The van der Waals surface area contributed by atoms with Gasteiger partial charge in [-0.2, -0.15) is 0 Å². The van der Waals surface area contributed by atoms with Crippen molar-refractivity contribution in [1.29, 1.82) is 0 Å². The summed E-state index contributed by atoms with van der Waals surface area (Å²) in [5.74, 6) is 0. The van der Waals surface area contributed by atoms with E-state index in [0.29, 0.717) is 16.2 Å². The fourth-order valence-corrected chi connectivity index (χ4v) is 2.81. The van der Waals surface area contributed by atoms with E-state index in [1.165, 1.54) is 16.9 Å². The van der Waals surface area contributed by atoms with E-state index in [1.54, 1.807) is 0 Å². The van der Waals surface area contributed by atoms with Crippen molar-refractivity contribution in [3.63, 3.8) is 0 Å². The Kier molecular flexibility index (Phi) is 2.75. The SMILES string of the molecule is Cc1csc(-c2cc3cc(C)c(C)cc3oc2=O)n1. The summed E-state index contributed by atoms with van der Waals surface area (Å²) in [4.78, 5) is 16.4. The molecule has 0 aliphatic rings. The summed E-state index contributed by atoms with van der Waals surface area (Å²) in [7, 11) is 0. The number of nitrogens with zero attached hydrogens (tertiary/aromatic N) is 1. The Labute approximate surface area is 114 Å². The fraction of sp³-hybridized carbons (Fsp3) is 0.200. The van der Waals surface area contributed by atoms with Crippen LogP contribution in [0, 0.1) is 20.8 Å². The highest BCUT2D eigenvalue weighted by molar-refractivity contribution is 7.13. The van der Waals surface area contributed by atoms with E-state index in [2.05, 4.69) is 4.98 Å². The Morgan fingerprint density at radius 3 is 2.53 bits per heavy atom. The van der Waals surface area contributed by atoms with E-state index >= 15 is 0 Å². The molecule has 0 spiro atoms. The van der Waals surface area contributed by atoms with Crippen LogP contribution >= 0.6 is 11.3 Å². The molecule has 2 heterocycles. The average Bonchev–Trinajstić information content (AvgIpc) is 2.77. The quantitative estimate of drug-likeness (QED) is 0.631. The molecule has 0 saturated carbocycles. The maximum absolute atomic E-state index is 12.0. The molecule has 0 amide bonds. The van der Waals surface area contributed by atoms with Gasteiger partial charge < -0.3 is 4.42 Å². The van der Waals surface area contributed by atoms with Gasteiger partial charge in [-0.25, -0.2) is 9.78 Å². The van der Waals surface area contributed by atoms with Crippen LogP contribution in [0.25, 0.3) is 21.5 Å². The number of rotatable bonds is 1. The summed E-state index contributed by atoms with van der Waals surface area (Å²) in [6.45, 7) is 5.97. The van der Waals surface area contributed by atoms with Crippen LogP contribution in [0.5, 0.6) is 0 Å². The van der Waals surface area contributed by atoms with Crippen molar-refractivity contribution in [1.82, 2.24) is 4.98 Å². The summed E-state index contributed by atoms with van der Waals surface area (Å²) in [6, 6.07) is 5.81. The molecule has 0 saturated heterocycles. The Bertz CT molecular complexity index is 830. The minimum atomic E-state index is -0.329. The van der Waals surface area contributed by atoms with Crippen LogP contribution in [0.3, 0.4) is 0 Å². The third-order valence-electron chi connectivity index (χ3n) is 3.20. The maximum Gasteiger partial charge on any atom is 0.346 e. The van der Waals surface area contributed by atoms with Crippen LogP contribution in [0.15, 0.2) is 32.8 Å². The number of aromatic nitrogens is 1. The predicted molar refractivity (Wildman–Crippen MR) is 77.8 cm³/mol. The molecule has 19 heavy (non-hydrogen) atoms. The van der Waals surface area contributed by atoms with Gasteiger partial charge in [-0.1, -0.05) is 0 Å². The van der Waals surface area contributed by atoms with E-state index < -0.39 is 0 Å². The molecule has 0 atom stereocenters. The van der Waals surface area contributed by atoms with E-state index in [0.717, 1.165) is 16.6 Å². The van der Waals surface area contributed by atoms with E-state index in [9.17, 15) is 4.79 Å². The number of aryl methyl sites for hydroxylation is 3. The number of benzene rings is 1. The second-order valence-electron chi connectivity index (χ2n) is 4.72. The molecule has 0 bridgehead atoms. The van der Waals surface area contributed by atoms with E-state index in [-0.39, 0.29) is 5.63 Å². The van der Waals surface area contributed by atoms with Crippen molar-refractivity contribution < 1.29 is 4.42 Å². The summed E-state index contributed by atoms with van der Waals surface area (Å²) in [6.07, 6.45) is 0. The van der Waals surface area contributed by atoms with E-state index in [4.69, 9.17) is 4.42 Å². The molecular formula is C15H13NO2S. The van der Waals surface area contributed by atoms with Gasteiger partial charge in [-0.3, -0.25) is 0 Å². The minimum Gasteiger partial charge on any atom is -0.422 e. The summed E-state index contributed by atoms with van der Waals surface area (Å²) < 4.78 is 5.40. The van der Waals surface area contributed by atoms with Crippen molar-refractivity contribution in [3.8, 4) is 10.6 Å². The predicted octanol–water partition coefficient (Wildman–Crippen LogP) is 3.84. The first-order valence-electron chi connectivity index (χ1n) is 6.02. The van der Waals surface area contributed by atoms with Crippen LogP contribution in [0.1, 0.15) is 16.8 Å². The number of hydrogen-bond donors (Lipinski definition) is 0. The van der Waals surface area contributed by atoms with Crippen LogP contribution in [0.4, 0.5) is 0 Å². The van der Waals surface area contributed by atoms with Gasteiger partial charge in [0.1, 0.15) is 10.6 Å². The average molecular weight is 271 g/mol. The molecule has 0 N–H and O–H groups in total. The topological polar surface area (TPSA) is 43.1 Å². The second kappa shape index (κ2) is 4.31. The van der Waals surface area contributed by atoms with E-state index in [1.807, 2.05) is 44.4 Å². The lowest BCUT2D eigenvalue weighted by Gasteiger charge is -2.04. The van der Waals surface area contributed by atoms with Crippen molar-refractivity contribution >= 4 is 22.3 Å². The van der Waals surface area contributed by atoms with Crippen LogP contribution in [-0.4, -0.2) is 4.98 Å². The normalized spacial score (nSPS) is 11.1. The van der Waals surface area contributed by atoms with Crippen molar-refractivity contribution in [2.45, 2.75) is 20.8 Å². The summed E-state index contributed by atoms with van der Waals surface area (Å²) in [5, 5.41) is 3.58. The largest absolute Gasteiger partial charge is 0.422 e. The van der Waals surface area contributed by atoms with Crippen LogP contribution < -0.4 is 5.63 Å². The molecule has 2 aromatic heterocycles. The third kappa shape index (κ3) is 2.08. The fourth-order valence-electron chi connectivity index (χ4n) is 2.01. The molecule has 0 aliphatic heterocycles. The highest BCUT2D eigenvalue weighted by Gasteiger charge is 2.11. The van der Waals surface area contributed by atoms with Gasteiger partial charge >= 0.3 is 5.63 Å². The van der Waals surface area contributed by atoms with Gasteiger partial charge in [0.15, 0.2) is 0 Å². The molecule has 1 aromatic carbocycles. The molecule has 4 heteroatoms. The smallest absolute Gasteiger partial charge is 0.346 e. The first kappa shape index (κ1) is 12.1. The molecule has 0 radical (unpaired) electrons. The number of fused-ring (bicyclic) bond motifs is 1. The third-order valence-corrected chi connectivity index (χ3v) is 4.19. The Morgan fingerprint density at radius 2 is 1.84 bits per heavy atom. The highest BCUT2D eigenvalue weighted by Crippen LogP contribution is 2.25. The highest BCUT2D eigenvalue weighted by atomic mass is 32.1. The number of hydrogen-bond acceptors (Lipinski definition) is 4. The Balaban J connectivity index is 2.30. The Hall–Kier alpha value is -1.94. The lowest BCUT2D eigenvalue weighted by molar-refractivity contribution is 0.563. The van der Waals surface area contributed by atoms with Crippen LogP contribution in [0.2, 0.25) is 0 Å². The zero-order valence-corrected chi connectivity index (χ0v) is 11.8. The second-order valence-corrected chi connectivity index (χ2v) is 5.57. The lowest BCUT2D eigenvalue weighted by Crippen LogP contribution is -2.02. The molecule has 3 aromatic rings. The molecule has 0 aliphatic carbocycles. The van der Waals surface area contributed by atoms with Crippen molar-refractivity contribution in [2.24, 2.45) is 0 Å². The molecule has 0 unspecified atom stereocenters. The molecular weight excluding hydrogens is 258 g/mol. The first-order chi connectivity index (χ1) is 9.04. The molecule has 96 valence electrons. The zero-order valence-electron chi connectivity index (χ0n) is 11.0. The van der Waals surface area contributed by atoms with Crippen LogP contribution in [-0.2, 0) is 0 Å². The minimum absolute atomic E-state index is 0.329. The Morgan fingerprint density at radius 1 is 1.11 bits per heavy atom. The summed E-state index contributed by atoms with van der Waals surface area (Å²) >= 11 is 1.46. The number of thiazole rings is 1. The van der Waals surface area contributed by atoms with Gasteiger partial charge in [-0.15, -0.1) is 11.3 Å².